The summed E-state index contributed by atoms with van der Waals surface area (Å²) in [5.74, 6) is -0.479. The van der Waals surface area contributed by atoms with Gasteiger partial charge in [-0.1, -0.05) is 24.6 Å². The first kappa shape index (κ1) is 13.2. The van der Waals surface area contributed by atoms with E-state index in [1.54, 1.807) is 0 Å². The summed E-state index contributed by atoms with van der Waals surface area (Å²) in [6.07, 6.45) is 2.97. The molecule has 0 aromatic rings. The lowest BCUT2D eigenvalue weighted by atomic mass is 9.94. The molecular weight excluding hydrogens is 256 g/mol. The van der Waals surface area contributed by atoms with E-state index in [4.69, 9.17) is 11.6 Å². The van der Waals surface area contributed by atoms with E-state index < -0.39 is 12.0 Å². The number of likely N-dealkylation sites (tertiary alicyclic amines) is 1. The van der Waals surface area contributed by atoms with Gasteiger partial charge < -0.3 is 15.3 Å². The Labute approximate surface area is 111 Å². The number of aliphatic carboxylic acids is 1. The predicted molar refractivity (Wildman–Crippen MR) is 67.4 cm³/mol. The third kappa shape index (κ3) is 2.46. The van der Waals surface area contributed by atoms with Gasteiger partial charge in [-0.25, -0.2) is 9.59 Å². The fourth-order valence-corrected chi connectivity index (χ4v) is 3.17. The van der Waals surface area contributed by atoms with Gasteiger partial charge in [-0.05, 0) is 24.7 Å². The molecule has 18 heavy (non-hydrogen) atoms. The molecule has 2 fully saturated rings. The lowest BCUT2D eigenvalue weighted by molar-refractivity contribution is -0.142. The zero-order valence-corrected chi connectivity index (χ0v) is 10.8. The van der Waals surface area contributed by atoms with Crippen LogP contribution < -0.4 is 5.32 Å². The molecule has 0 bridgehead atoms. The van der Waals surface area contributed by atoms with Gasteiger partial charge in [-0.15, -0.1) is 0 Å². The van der Waals surface area contributed by atoms with Gasteiger partial charge in [0.15, 0.2) is 0 Å². The molecule has 2 rings (SSSR count). The highest BCUT2D eigenvalue weighted by Gasteiger charge is 2.49. The topological polar surface area (TPSA) is 69.6 Å². The number of carbonyl (C=O) groups excluding carboxylic acids is 1. The van der Waals surface area contributed by atoms with E-state index in [-0.39, 0.29) is 18.5 Å². The molecule has 1 saturated heterocycles. The van der Waals surface area contributed by atoms with E-state index >= 15 is 0 Å². The molecule has 1 saturated carbocycles. The number of hydrogen-bond acceptors (Lipinski definition) is 2. The Morgan fingerprint density at radius 2 is 2.17 bits per heavy atom. The Balaban J connectivity index is 2.05. The quantitative estimate of drug-likeness (QED) is 0.820. The molecule has 2 amide bonds. The summed E-state index contributed by atoms with van der Waals surface area (Å²) < 4.78 is 0. The number of carboxylic acid groups (broad SMARTS) is 1. The molecule has 3 atom stereocenters. The monoisotopic (exact) mass is 272 g/mol. The summed E-state index contributed by atoms with van der Waals surface area (Å²) in [7, 11) is 0. The zero-order chi connectivity index (χ0) is 13.3. The fraction of sp³-hybridized carbons (Fsp3) is 0.667. The summed E-state index contributed by atoms with van der Waals surface area (Å²) in [5.41, 5.74) is 0. The van der Waals surface area contributed by atoms with Gasteiger partial charge in [0.1, 0.15) is 6.04 Å². The minimum Gasteiger partial charge on any atom is -0.480 e. The Morgan fingerprint density at radius 1 is 1.44 bits per heavy atom. The molecule has 2 aliphatic rings. The zero-order valence-electron chi connectivity index (χ0n) is 10.1. The van der Waals surface area contributed by atoms with Crippen LogP contribution in [0.25, 0.3) is 0 Å². The maximum atomic E-state index is 11.9. The van der Waals surface area contributed by atoms with Crippen LogP contribution in [0, 0.1) is 11.8 Å². The number of carboxylic acids is 1. The molecule has 100 valence electrons. The van der Waals surface area contributed by atoms with Crippen LogP contribution in [0.15, 0.2) is 11.6 Å². The van der Waals surface area contributed by atoms with Crippen LogP contribution in [0.1, 0.15) is 19.3 Å². The van der Waals surface area contributed by atoms with E-state index in [9.17, 15) is 14.7 Å². The SMILES string of the molecule is C=C(Cl)CNC(=O)N1CC2CCCC2C1C(=O)O. The van der Waals surface area contributed by atoms with Crippen molar-refractivity contribution in [1.82, 2.24) is 10.2 Å². The Hall–Kier alpha value is -1.23. The number of fused-ring (bicyclic) bond motifs is 1. The van der Waals surface area contributed by atoms with Gasteiger partial charge in [0.05, 0.1) is 6.54 Å². The minimum atomic E-state index is -0.913. The van der Waals surface area contributed by atoms with Gasteiger partial charge in [0, 0.05) is 11.6 Å². The molecule has 2 N–H and O–H groups in total. The fourth-order valence-electron chi connectivity index (χ4n) is 3.10. The van der Waals surface area contributed by atoms with Crippen molar-refractivity contribution in [1.29, 1.82) is 0 Å². The maximum Gasteiger partial charge on any atom is 0.326 e. The van der Waals surface area contributed by atoms with Crippen molar-refractivity contribution in [2.75, 3.05) is 13.1 Å². The Kier molecular flexibility index (Phi) is 3.80. The molecule has 0 spiro atoms. The van der Waals surface area contributed by atoms with Gasteiger partial charge >= 0.3 is 12.0 Å². The molecule has 1 aliphatic heterocycles. The number of hydrogen-bond donors (Lipinski definition) is 2. The largest absolute Gasteiger partial charge is 0.480 e. The number of nitrogens with zero attached hydrogens (tertiary/aromatic N) is 1. The van der Waals surface area contributed by atoms with Gasteiger partial charge in [-0.3, -0.25) is 0 Å². The van der Waals surface area contributed by atoms with E-state index in [1.165, 1.54) is 4.90 Å². The van der Waals surface area contributed by atoms with Crippen molar-refractivity contribution in [3.8, 4) is 0 Å². The highest BCUT2D eigenvalue weighted by atomic mass is 35.5. The molecule has 0 radical (unpaired) electrons. The summed E-state index contributed by atoms with van der Waals surface area (Å²) in [5, 5.41) is 12.2. The lowest BCUT2D eigenvalue weighted by Gasteiger charge is -2.24. The van der Waals surface area contributed by atoms with Crippen molar-refractivity contribution in [2.24, 2.45) is 11.8 Å². The second kappa shape index (κ2) is 5.18. The highest BCUT2D eigenvalue weighted by molar-refractivity contribution is 6.29. The molecular formula is C12H17ClN2O3. The van der Waals surface area contributed by atoms with Crippen LogP contribution in [-0.2, 0) is 4.79 Å². The third-order valence-electron chi connectivity index (χ3n) is 3.84. The van der Waals surface area contributed by atoms with Gasteiger partial charge in [-0.2, -0.15) is 0 Å². The Morgan fingerprint density at radius 3 is 2.78 bits per heavy atom. The second-order valence-corrected chi connectivity index (χ2v) is 5.50. The van der Waals surface area contributed by atoms with Gasteiger partial charge in [0.25, 0.3) is 0 Å². The van der Waals surface area contributed by atoms with Crippen molar-refractivity contribution < 1.29 is 14.7 Å². The maximum absolute atomic E-state index is 11.9. The van der Waals surface area contributed by atoms with E-state index in [1.807, 2.05) is 0 Å². The van der Waals surface area contributed by atoms with Crippen molar-refractivity contribution in [3.63, 3.8) is 0 Å². The van der Waals surface area contributed by atoms with Crippen molar-refractivity contribution in [2.45, 2.75) is 25.3 Å². The predicted octanol–water partition coefficient (Wildman–Crippen LogP) is 1.63. The summed E-state index contributed by atoms with van der Waals surface area (Å²) in [4.78, 5) is 24.7. The number of rotatable bonds is 3. The van der Waals surface area contributed by atoms with Crippen LogP contribution in [0.4, 0.5) is 4.79 Å². The standard InChI is InChI=1S/C12H17ClN2O3/c1-7(13)5-14-12(18)15-6-8-3-2-4-9(8)10(15)11(16)17/h8-10H,1-6H2,(H,14,18)(H,16,17). The summed E-state index contributed by atoms with van der Waals surface area (Å²) >= 11 is 5.58. The average molecular weight is 273 g/mol. The van der Waals surface area contributed by atoms with Crippen molar-refractivity contribution in [3.05, 3.63) is 11.6 Å². The highest BCUT2D eigenvalue weighted by Crippen LogP contribution is 2.42. The van der Waals surface area contributed by atoms with E-state index in [0.29, 0.717) is 17.5 Å². The minimum absolute atomic E-state index is 0.104. The lowest BCUT2D eigenvalue weighted by Crippen LogP contribution is -2.48. The summed E-state index contributed by atoms with van der Waals surface area (Å²) in [6.45, 7) is 4.18. The number of amides is 2. The average Bonchev–Trinajstić information content (AvgIpc) is 2.83. The first-order valence-corrected chi connectivity index (χ1v) is 6.49. The molecule has 0 aromatic heterocycles. The molecule has 1 aliphatic carbocycles. The first-order chi connectivity index (χ1) is 8.50. The van der Waals surface area contributed by atoms with Crippen LogP contribution in [0.5, 0.6) is 0 Å². The molecule has 1 heterocycles. The molecule has 3 unspecified atom stereocenters. The van der Waals surface area contributed by atoms with Crippen LogP contribution in [-0.4, -0.2) is 41.1 Å². The number of halogens is 1. The van der Waals surface area contributed by atoms with Crippen LogP contribution in [0.2, 0.25) is 0 Å². The first-order valence-electron chi connectivity index (χ1n) is 6.11. The number of carbonyl (C=O) groups is 2. The van der Waals surface area contributed by atoms with E-state index in [2.05, 4.69) is 11.9 Å². The van der Waals surface area contributed by atoms with Crippen molar-refractivity contribution >= 4 is 23.6 Å². The smallest absolute Gasteiger partial charge is 0.326 e. The molecule has 5 nitrogen and oxygen atoms in total. The summed E-state index contributed by atoms with van der Waals surface area (Å²) in [6, 6.07) is -1.06. The third-order valence-corrected chi connectivity index (χ3v) is 3.97. The molecule has 6 heteroatoms. The van der Waals surface area contributed by atoms with Crippen LogP contribution in [0.3, 0.4) is 0 Å². The number of urea groups is 1. The molecule has 0 aromatic carbocycles. The van der Waals surface area contributed by atoms with E-state index in [0.717, 1.165) is 19.3 Å². The normalized spacial score (nSPS) is 30.1. The van der Waals surface area contributed by atoms with Gasteiger partial charge in [0.2, 0.25) is 0 Å². The van der Waals surface area contributed by atoms with Crippen LogP contribution >= 0.6 is 11.6 Å². The number of nitrogens with one attached hydrogen (secondary N) is 1. The Bertz CT molecular complexity index is 386. The second-order valence-electron chi connectivity index (χ2n) is 4.97.